The van der Waals surface area contributed by atoms with Crippen LogP contribution < -0.4 is 14.6 Å². The van der Waals surface area contributed by atoms with Gasteiger partial charge in [0.25, 0.3) is 0 Å². The van der Waals surface area contributed by atoms with E-state index in [0.717, 1.165) is 18.4 Å². The van der Waals surface area contributed by atoms with Crippen molar-refractivity contribution in [1.82, 2.24) is 0 Å². The smallest absolute Gasteiger partial charge is 0.167 e. The van der Waals surface area contributed by atoms with Crippen LogP contribution in [0.15, 0.2) is 12.1 Å². The Kier molecular flexibility index (Phi) is 4.27. The van der Waals surface area contributed by atoms with Crippen molar-refractivity contribution in [3.8, 4) is 11.5 Å². The molecule has 2 rings (SSSR count). The van der Waals surface area contributed by atoms with E-state index in [1.165, 1.54) is 0 Å². The summed E-state index contributed by atoms with van der Waals surface area (Å²) in [5, 5.41) is 11.0. The molecule has 0 amide bonds. The Morgan fingerprint density at radius 1 is 1.35 bits per heavy atom. The van der Waals surface area contributed by atoms with E-state index in [2.05, 4.69) is 0 Å². The lowest BCUT2D eigenvalue weighted by Crippen LogP contribution is -2.39. The third-order valence-corrected chi connectivity index (χ3v) is 3.46. The number of ether oxygens (including phenoxy) is 2. The Hall–Kier alpha value is -2.04. The van der Waals surface area contributed by atoms with E-state index in [1.807, 2.05) is 0 Å². The van der Waals surface area contributed by atoms with Gasteiger partial charge in [-0.1, -0.05) is 6.92 Å². The number of carboxylic acid groups (broad SMARTS) is 1. The van der Waals surface area contributed by atoms with Crippen LogP contribution >= 0.6 is 0 Å². The molecule has 20 heavy (non-hydrogen) atoms. The third-order valence-electron chi connectivity index (χ3n) is 3.46. The first-order valence-electron chi connectivity index (χ1n) is 6.69. The number of carboxylic acids is 1. The lowest BCUT2D eigenvalue weighted by atomic mass is 9.89. The van der Waals surface area contributed by atoms with E-state index < -0.39 is 12.1 Å². The molecule has 5 heteroatoms. The number of carbonyl (C=O) groups is 2. The lowest BCUT2D eigenvalue weighted by Gasteiger charge is -2.24. The summed E-state index contributed by atoms with van der Waals surface area (Å²) < 4.78 is 10.7. The molecule has 1 aliphatic rings. The van der Waals surface area contributed by atoms with Crippen molar-refractivity contribution in [2.45, 2.75) is 38.7 Å². The summed E-state index contributed by atoms with van der Waals surface area (Å²) in [6.45, 7) is 1.69. The summed E-state index contributed by atoms with van der Waals surface area (Å²) in [7, 11) is 1.55. The van der Waals surface area contributed by atoms with Gasteiger partial charge in [-0.15, -0.1) is 0 Å². The molecule has 1 atom stereocenters. The number of hydrogen-bond acceptors (Lipinski definition) is 5. The number of ketones is 1. The van der Waals surface area contributed by atoms with Crippen LogP contribution in [-0.4, -0.2) is 25.0 Å². The summed E-state index contributed by atoms with van der Waals surface area (Å²) in [6, 6.07) is 3.29. The molecule has 0 fully saturated rings. The standard InChI is InChI=1S/C15H18O5/c1-3-11(15(17)18)20-13-8-7-12(19-2)9-5-4-6-10(16)14(9)13/h7-8,11H,3-6H2,1-2H3,(H,17,18)/p-1. The molecule has 0 heterocycles. The van der Waals surface area contributed by atoms with Gasteiger partial charge in [0.05, 0.1) is 18.6 Å². The van der Waals surface area contributed by atoms with Crippen LogP contribution in [0.2, 0.25) is 0 Å². The maximum Gasteiger partial charge on any atom is 0.167 e. The van der Waals surface area contributed by atoms with E-state index in [1.54, 1.807) is 26.2 Å². The highest BCUT2D eigenvalue weighted by molar-refractivity contribution is 6.01. The van der Waals surface area contributed by atoms with Gasteiger partial charge in [0, 0.05) is 12.0 Å². The zero-order valence-corrected chi connectivity index (χ0v) is 11.6. The van der Waals surface area contributed by atoms with Crippen LogP contribution in [-0.2, 0) is 11.2 Å². The molecule has 0 aromatic heterocycles. The maximum atomic E-state index is 12.1. The molecule has 108 valence electrons. The van der Waals surface area contributed by atoms with Crippen LogP contribution in [0.25, 0.3) is 0 Å². The van der Waals surface area contributed by atoms with E-state index in [9.17, 15) is 14.7 Å². The average molecular weight is 277 g/mol. The predicted octanol–water partition coefficient (Wildman–Crippen LogP) is 1.12. The first kappa shape index (κ1) is 14.4. The van der Waals surface area contributed by atoms with Crippen molar-refractivity contribution in [3.05, 3.63) is 23.3 Å². The maximum absolute atomic E-state index is 12.1. The first-order chi connectivity index (χ1) is 9.58. The molecule has 0 aliphatic heterocycles. The van der Waals surface area contributed by atoms with Gasteiger partial charge in [0.15, 0.2) is 5.78 Å². The summed E-state index contributed by atoms with van der Waals surface area (Å²) in [4.78, 5) is 23.1. The molecule has 1 aromatic carbocycles. The normalized spacial score (nSPS) is 15.4. The minimum Gasteiger partial charge on any atom is -0.546 e. The van der Waals surface area contributed by atoms with Gasteiger partial charge in [-0.2, -0.15) is 0 Å². The summed E-state index contributed by atoms with van der Waals surface area (Å²) in [6.07, 6.45) is 1.16. The number of hydrogen-bond donors (Lipinski definition) is 0. The third kappa shape index (κ3) is 2.61. The molecule has 0 N–H and O–H groups in total. The lowest BCUT2D eigenvalue weighted by molar-refractivity contribution is -0.313. The quantitative estimate of drug-likeness (QED) is 0.806. The summed E-state index contributed by atoms with van der Waals surface area (Å²) >= 11 is 0. The molecular weight excluding hydrogens is 260 g/mol. The van der Waals surface area contributed by atoms with Gasteiger partial charge in [-0.05, 0) is 31.4 Å². The fourth-order valence-corrected chi connectivity index (χ4v) is 2.45. The molecule has 0 saturated carbocycles. The van der Waals surface area contributed by atoms with Gasteiger partial charge < -0.3 is 19.4 Å². The monoisotopic (exact) mass is 277 g/mol. The number of benzene rings is 1. The molecule has 0 spiro atoms. The Balaban J connectivity index is 2.44. The van der Waals surface area contributed by atoms with Gasteiger partial charge in [-0.3, -0.25) is 4.79 Å². The minimum atomic E-state index is -1.28. The van der Waals surface area contributed by atoms with Gasteiger partial charge in [-0.25, -0.2) is 0 Å². The van der Waals surface area contributed by atoms with Crippen LogP contribution in [0.1, 0.15) is 42.1 Å². The van der Waals surface area contributed by atoms with Crippen molar-refractivity contribution in [3.63, 3.8) is 0 Å². The zero-order chi connectivity index (χ0) is 14.7. The Morgan fingerprint density at radius 2 is 2.05 bits per heavy atom. The Morgan fingerprint density at radius 3 is 2.65 bits per heavy atom. The first-order valence-corrected chi connectivity index (χ1v) is 6.69. The number of methoxy groups -OCH3 is 1. The largest absolute Gasteiger partial charge is 0.546 e. The van der Waals surface area contributed by atoms with E-state index >= 15 is 0 Å². The molecular formula is C15H17O5-. The SMILES string of the molecule is CCC(Oc1ccc(OC)c2c1C(=O)CCC2)C(=O)[O-]. The van der Waals surface area contributed by atoms with Gasteiger partial charge in [0.1, 0.15) is 17.6 Å². The zero-order valence-electron chi connectivity index (χ0n) is 11.6. The topological polar surface area (TPSA) is 75.7 Å². The van der Waals surface area contributed by atoms with Crippen molar-refractivity contribution < 1.29 is 24.2 Å². The van der Waals surface area contributed by atoms with Crippen LogP contribution in [0.4, 0.5) is 0 Å². The van der Waals surface area contributed by atoms with Crippen molar-refractivity contribution in [2.75, 3.05) is 7.11 Å². The summed E-state index contributed by atoms with van der Waals surface area (Å²) in [5.41, 5.74) is 1.25. The van der Waals surface area contributed by atoms with Crippen LogP contribution in [0.3, 0.4) is 0 Å². The average Bonchev–Trinajstić information content (AvgIpc) is 2.44. The summed E-state index contributed by atoms with van der Waals surface area (Å²) in [5.74, 6) is -0.364. The second-order valence-corrected chi connectivity index (χ2v) is 4.73. The minimum absolute atomic E-state index is 0.0339. The van der Waals surface area contributed by atoms with E-state index in [4.69, 9.17) is 9.47 Å². The molecule has 5 nitrogen and oxygen atoms in total. The Bertz CT molecular complexity index is 535. The van der Waals surface area contributed by atoms with Crippen molar-refractivity contribution in [2.24, 2.45) is 0 Å². The van der Waals surface area contributed by atoms with Gasteiger partial charge in [0.2, 0.25) is 0 Å². The highest BCUT2D eigenvalue weighted by atomic mass is 16.5. The van der Waals surface area contributed by atoms with E-state index in [-0.39, 0.29) is 12.2 Å². The predicted molar refractivity (Wildman–Crippen MR) is 70.0 cm³/mol. The highest BCUT2D eigenvalue weighted by Gasteiger charge is 2.26. The van der Waals surface area contributed by atoms with Gasteiger partial charge >= 0.3 is 0 Å². The molecule has 1 aromatic rings. The van der Waals surface area contributed by atoms with Crippen molar-refractivity contribution >= 4 is 11.8 Å². The Labute approximate surface area is 117 Å². The fourth-order valence-electron chi connectivity index (χ4n) is 2.45. The molecule has 1 aliphatic carbocycles. The fraction of sp³-hybridized carbons (Fsp3) is 0.467. The van der Waals surface area contributed by atoms with Crippen LogP contribution in [0.5, 0.6) is 11.5 Å². The number of Topliss-reactive ketones (excluding diaryl/α,β-unsaturated/α-hetero) is 1. The molecule has 0 bridgehead atoms. The molecule has 0 radical (unpaired) electrons. The second kappa shape index (κ2) is 5.94. The number of carbonyl (C=O) groups excluding carboxylic acids is 2. The van der Waals surface area contributed by atoms with Crippen molar-refractivity contribution in [1.29, 1.82) is 0 Å². The van der Waals surface area contributed by atoms with Crippen LogP contribution in [0, 0.1) is 0 Å². The number of rotatable bonds is 5. The molecule has 0 saturated heterocycles. The number of aliphatic carboxylic acids is 1. The molecule has 1 unspecified atom stereocenters. The second-order valence-electron chi connectivity index (χ2n) is 4.73. The number of fused-ring (bicyclic) bond motifs is 1. The van der Waals surface area contributed by atoms with E-state index in [0.29, 0.717) is 23.5 Å². The highest BCUT2D eigenvalue weighted by Crippen LogP contribution is 2.36.